The largest absolute Gasteiger partial charge is 0.352 e. The molecule has 0 amide bonds. The number of nitrogens with zero attached hydrogens (tertiary/aromatic N) is 4. The molecule has 2 unspecified atom stereocenters. The number of rotatable bonds is 2. The van der Waals surface area contributed by atoms with Crippen LogP contribution in [-0.4, -0.2) is 26.4 Å². The molecule has 4 heteroatoms. The minimum Gasteiger partial charge on any atom is -0.352 e. The summed E-state index contributed by atoms with van der Waals surface area (Å²) >= 11 is 0. The second kappa shape index (κ2) is 6.44. The highest BCUT2D eigenvalue weighted by molar-refractivity contribution is 5.93. The molecule has 0 saturated heterocycles. The first-order valence-electron chi connectivity index (χ1n) is 11.7. The molecule has 0 bridgehead atoms. The van der Waals surface area contributed by atoms with E-state index in [0.717, 1.165) is 0 Å². The minimum absolute atomic E-state index is 0.0443. The van der Waals surface area contributed by atoms with Gasteiger partial charge in [0.2, 0.25) is 0 Å². The zero-order valence-electron chi connectivity index (χ0n) is 19.9. The van der Waals surface area contributed by atoms with E-state index >= 15 is 0 Å². The number of anilines is 6. The van der Waals surface area contributed by atoms with Crippen molar-refractivity contribution in [3.8, 4) is 0 Å². The quantitative estimate of drug-likeness (QED) is 0.468. The van der Waals surface area contributed by atoms with Gasteiger partial charge in [0.1, 0.15) is 12.3 Å². The van der Waals surface area contributed by atoms with E-state index in [2.05, 4.69) is 128 Å². The van der Waals surface area contributed by atoms with Crippen molar-refractivity contribution in [2.75, 3.05) is 33.7 Å². The lowest BCUT2D eigenvalue weighted by atomic mass is 9.82. The Bertz CT molecular complexity index is 1210. The van der Waals surface area contributed by atoms with Crippen LogP contribution in [0.25, 0.3) is 0 Å². The van der Waals surface area contributed by atoms with Crippen LogP contribution in [0.15, 0.2) is 66.7 Å². The van der Waals surface area contributed by atoms with Crippen LogP contribution in [0.3, 0.4) is 0 Å². The van der Waals surface area contributed by atoms with Crippen molar-refractivity contribution in [3.63, 3.8) is 0 Å². The number of para-hydroxylation sites is 4. The Morgan fingerprint density at radius 3 is 1.69 bits per heavy atom. The van der Waals surface area contributed by atoms with Gasteiger partial charge in [-0.25, -0.2) is 0 Å². The highest BCUT2D eigenvalue weighted by atomic mass is 15.4. The van der Waals surface area contributed by atoms with Gasteiger partial charge in [-0.3, -0.25) is 0 Å². The molecule has 4 nitrogen and oxygen atoms in total. The Kier molecular flexibility index (Phi) is 3.93. The fourth-order valence-electron chi connectivity index (χ4n) is 6.63. The van der Waals surface area contributed by atoms with Crippen molar-refractivity contribution >= 4 is 34.1 Å². The molecule has 2 atom stereocenters. The zero-order chi connectivity index (χ0) is 22.4. The van der Waals surface area contributed by atoms with Crippen LogP contribution >= 0.6 is 0 Å². The van der Waals surface area contributed by atoms with Crippen molar-refractivity contribution in [2.24, 2.45) is 5.92 Å². The number of fused-ring (bicyclic) bond motifs is 6. The summed E-state index contributed by atoms with van der Waals surface area (Å²) in [7, 11) is 4.48. The molecule has 3 aromatic carbocycles. The maximum absolute atomic E-state index is 2.59. The molecule has 3 aliphatic rings. The molecule has 0 spiro atoms. The summed E-state index contributed by atoms with van der Waals surface area (Å²) in [6.07, 6.45) is 0.555. The zero-order valence-corrected chi connectivity index (χ0v) is 19.9. The van der Waals surface area contributed by atoms with E-state index in [4.69, 9.17) is 0 Å². The first-order valence-corrected chi connectivity index (χ1v) is 11.7. The smallest absolute Gasteiger partial charge is 0.115 e. The van der Waals surface area contributed by atoms with Crippen molar-refractivity contribution in [1.29, 1.82) is 0 Å². The van der Waals surface area contributed by atoms with Crippen molar-refractivity contribution in [3.05, 3.63) is 72.3 Å². The monoisotopic (exact) mass is 424 g/mol. The molecule has 164 valence electrons. The molecular weight excluding hydrogens is 392 g/mol. The summed E-state index contributed by atoms with van der Waals surface area (Å²) in [5, 5.41) is 0. The van der Waals surface area contributed by atoms with E-state index in [1.54, 1.807) is 0 Å². The van der Waals surface area contributed by atoms with Gasteiger partial charge >= 0.3 is 0 Å². The van der Waals surface area contributed by atoms with Crippen molar-refractivity contribution in [1.82, 2.24) is 0 Å². The van der Waals surface area contributed by atoms with Crippen LogP contribution in [0, 0.1) is 5.92 Å². The summed E-state index contributed by atoms with van der Waals surface area (Å²) in [4.78, 5) is 10.1. The molecule has 3 heterocycles. The molecule has 0 aromatic heterocycles. The third-order valence-electron chi connectivity index (χ3n) is 7.74. The standard InChI is InChI=1S/C28H32N4/c1-18(2)26-29(5)19-12-7-9-14-21(19)31(26)23-16-11-17-24-25(23)28(3,4)27-30(6)20-13-8-10-15-22(20)32(24)27/h7-18,26-27H,1-6H3. The highest BCUT2D eigenvalue weighted by Gasteiger charge is 2.54. The SMILES string of the molecule is CC(C)C1N(C)c2ccccc2N1c1cccc2c1C(C)(C)C1N(C)c3ccccc3N21. The first-order chi connectivity index (χ1) is 15.3. The number of hydrogen-bond donors (Lipinski definition) is 0. The minimum atomic E-state index is -0.0443. The lowest BCUT2D eigenvalue weighted by Gasteiger charge is -2.38. The van der Waals surface area contributed by atoms with Gasteiger partial charge in [0, 0.05) is 36.4 Å². The van der Waals surface area contributed by atoms with E-state index in [-0.39, 0.29) is 17.7 Å². The summed E-state index contributed by atoms with van der Waals surface area (Å²) < 4.78 is 0. The molecule has 0 fully saturated rings. The second-order valence-corrected chi connectivity index (χ2v) is 10.4. The average Bonchev–Trinajstić information content (AvgIpc) is 3.34. The first kappa shape index (κ1) is 19.5. The Labute approximate surface area is 191 Å². The Hall–Kier alpha value is -3.14. The predicted molar refractivity (Wildman–Crippen MR) is 136 cm³/mol. The van der Waals surface area contributed by atoms with Gasteiger partial charge in [0.25, 0.3) is 0 Å². The van der Waals surface area contributed by atoms with Crippen molar-refractivity contribution < 1.29 is 0 Å². The molecule has 3 aromatic rings. The fraction of sp³-hybridized carbons (Fsp3) is 0.357. The maximum atomic E-state index is 2.59. The van der Waals surface area contributed by atoms with Crippen LogP contribution in [0.5, 0.6) is 0 Å². The van der Waals surface area contributed by atoms with E-state index in [1.165, 1.54) is 39.7 Å². The van der Waals surface area contributed by atoms with Gasteiger partial charge in [-0.05, 0) is 42.3 Å². The predicted octanol–water partition coefficient (Wildman–Crippen LogP) is 6.46. The molecule has 0 aliphatic carbocycles. The topological polar surface area (TPSA) is 13.0 Å². The van der Waals surface area contributed by atoms with Gasteiger partial charge in [-0.1, -0.05) is 58.0 Å². The van der Waals surface area contributed by atoms with Crippen LogP contribution in [-0.2, 0) is 5.41 Å². The third kappa shape index (κ3) is 2.27. The van der Waals surface area contributed by atoms with Gasteiger partial charge in [0.15, 0.2) is 0 Å². The van der Waals surface area contributed by atoms with E-state index in [1.807, 2.05) is 0 Å². The van der Waals surface area contributed by atoms with Crippen molar-refractivity contribution in [2.45, 2.75) is 45.4 Å². The summed E-state index contributed by atoms with van der Waals surface area (Å²) in [6, 6.07) is 24.5. The second-order valence-electron chi connectivity index (χ2n) is 10.4. The van der Waals surface area contributed by atoms with Crippen LogP contribution in [0.2, 0.25) is 0 Å². The van der Waals surface area contributed by atoms with E-state index < -0.39 is 0 Å². The number of hydrogen-bond acceptors (Lipinski definition) is 4. The lowest BCUT2D eigenvalue weighted by molar-refractivity contribution is 0.439. The molecule has 0 N–H and O–H groups in total. The highest BCUT2D eigenvalue weighted by Crippen LogP contribution is 2.60. The fourth-order valence-corrected chi connectivity index (χ4v) is 6.63. The van der Waals surface area contributed by atoms with Gasteiger partial charge in [-0.2, -0.15) is 0 Å². The Morgan fingerprint density at radius 1 is 0.625 bits per heavy atom. The van der Waals surface area contributed by atoms with E-state index in [9.17, 15) is 0 Å². The summed E-state index contributed by atoms with van der Waals surface area (Å²) in [5.41, 5.74) is 9.31. The summed E-state index contributed by atoms with van der Waals surface area (Å²) in [6.45, 7) is 9.49. The average molecular weight is 425 g/mol. The molecule has 32 heavy (non-hydrogen) atoms. The maximum Gasteiger partial charge on any atom is 0.115 e. The summed E-state index contributed by atoms with van der Waals surface area (Å²) in [5.74, 6) is 0.482. The molecule has 0 radical (unpaired) electrons. The number of benzene rings is 3. The molecular formula is C28H32N4. The van der Waals surface area contributed by atoms with Gasteiger partial charge in [0.05, 0.1) is 22.7 Å². The van der Waals surface area contributed by atoms with Crippen LogP contribution < -0.4 is 19.6 Å². The van der Waals surface area contributed by atoms with Gasteiger partial charge in [-0.15, -0.1) is 0 Å². The van der Waals surface area contributed by atoms with Crippen LogP contribution in [0.1, 0.15) is 33.3 Å². The Balaban J connectivity index is 1.60. The number of likely N-dealkylation sites (N-methyl/N-ethyl adjacent to an activating group) is 1. The molecule has 0 saturated carbocycles. The molecule has 3 aliphatic heterocycles. The lowest BCUT2D eigenvalue weighted by Crippen LogP contribution is -2.47. The third-order valence-corrected chi connectivity index (χ3v) is 7.74. The van der Waals surface area contributed by atoms with Gasteiger partial charge < -0.3 is 19.6 Å². The van der Waals surface area contributed by atoms with E-state index in [0.29, 0.717) is 5.92 Å². The Morgan fingerprint density at radius 2 is 1.09 bits per heavy atom. The normalized spacial score (nSPS) is 22.3. The van der Waals surface area contributed by atoms with Crippen LogP contribution in [0.4, 0.5) is 34.1 Å². The molecule has 6 rings (SSSR count).